The summed E-state index contributed by atoms with van der Waals surface area (Å²) < 4.78 is 65.9. The number of nitrogens with two attached hydrogens (primary N) is 1. The number of halogens is 4. The number of primary amides is 1. The summed E-state index contributed by atoms with van der Waals surface area (Å²) in [6.45, 7) is -0.301. The molecule has 3 aromatic rings. The predicted molar refractivity (Wildman–Crippen MR) is 121 cm³/mol. The van der Waals surface area contributed by atoms with Crippen LogP contribution in [-0.2, 0) is 21.4 Å². The van der Waals surface area contributed by atoms with E-state index >= 15 is 0 Å². The van der Waals surface area contributed by atoms with Crippen LogP contribution in [0, 0.1) is 0 Å². The van der Waals surface area contributed by atoms with Gasteiger partial charge in [-0.15, -0.1) is 0 Å². The average Bonchev–Trinajstić information content (AvgIpc) is 2.74. The second kappa shape index (κ2) is 10.2. The van der Waals surface area contributed by atoms with Gasteiger partial charge in [-0.1, -0.05) is 54.1 Å². The number of carbonyl (C=O) groups is 1. The lowest BCUT2D eigenvalue weighted by Crippen LogP contribution is -2.41. The second-order valence-corrected chi connectivity index (χ2v) is 10.4. The van der Waals surface area contributed by atoms with Crippen molar-refractivity contribution in [2.24, 2.45) is 5.73 Å². The molecule has 0 saturated heterocycles. The van der Waals surface area contributed by atoms with Crippen LogP contribution in [0.15, 0.2) is 88.7 Å². The molecule has 0 heterocycles. The highest BCUT2D eigenvalue weighted by atomic mass is 35.5. The highest BCUT2D eigenvalue weighted by Crippen LogP contribution is 2.37. The van der Waals surface area contributed by atoms with Crippen molar-refractivity contribution in [2.75, 3.05) is 0 Å². The third-order valence-corrected chi connectivity index (χ3v) is 7.40. The van der Waals surface area contributed by atoms with Crippen LogP contribution in [0.2, 0.25) is 5.02 Å². The van der Waals surface area contributed by atoms with Crippen LogP contribution in [0.25, 0.3) is 0 Å². The Morgan fingerprint density at radius 3 is 2.06 bits per heavy atom. The van der Waals surface area contributed by atoms with E-state index in [1.54, 1.807) is 30.3 Å². The maximum Gasteiger partial charge on any atom is 0.446 e. The number of rotatable bonds is 8. The number of hydrogen-bond acceptors (Lipinski definition) is 4. The van der Waals surface area contributed by atoms with E-state index in [0.717, 1.165) is 4.31 Å². The lowest BCUT2D eigenvalue weighted by atomic mass is 10.1. The fourth-order valence-corrected chi connectivity index (χ4v) is 5.38. The smallest absolute Gasteiger partial charge is 0.368 e. The molecule has 1 amide bonds. The molecule has 0 saturated carbocycles. The van der Waals surface area contributed by atoms with E-state index in [-0.39, 0.29) is 28.1 Å². The zero-order chi connectivity index (χ0) is 24.2. The topological polar surface area (TPSA) is 80.5 Å². The van der Waals surface area contributed by atoms with Crippen molar-refractivity contribution >= 4 is 39.3 Å². The van der Waals surface area contributed by atoms with Crippen LogP contribution in [0.3, 0.4) is 0 Å². The molecule has 0 aliphatic rings. The van der Waals surface area contributed by atoms with Gasteiger partial charge in [0.2, 0.25) is 15.9 Å². The molecule has 3 rings (SSSR count). The number of sulfonamides is 1. The largest absolute Gasteiger partial charge is 0.446 e. The normalized spacial score (nSPS) is 13.1. The molecule has 33 heavy (non-hydrogen) atoms. The summed E-state index contributed by atoms with van der Waals surface area (Å²) in [5.41, 5.74) is 1.90. The van der Waals surface area contributed by atoms with E-state index in [0.29, 0.717) is 16.1 Å². The Morgan fingerprint density at radius 1 is 0.970 bits per heavy atom. The molecule has 0 fully saturated rings. The molecule has 1 unspecified atom stereocenters. The zero-order valence-corrected chi connectivity index (χ0v) is 19.3. The number of nitrogens with zero attached hydrogens (tertiary/aromatic N) is 1. The maximum absolute atomic E-state index is 13.5. The third kappa shape index (κ3) is 6.50. The number of thioether (sulfide) groups is 1. The molecule has 174 valence electrons. The SMILES string of the molecule is NC(=O)C(c1ccccc1)N(Cc1ccc(SC(F)(F)F)cc1)S(=O)(=O)c1ccc(Cl)cc1. The second-order valence-electron chi connectivity index (χ2n) is 6.91. The first-order chi connectivity index (χ1) is 15.5. The molecular formula is C22H18ClF3N2O3S2. The predicted octanol–water partition coefficient (Wildman–Crippen LogP) is 5.37. The molecule has 0 aliphatic carbocycles. The van der Waals surface area contributed by atoms with Crippen molar-refractivity contribution in [2.45, 2.75) is 27.9 Å². The van der Waals surface area contributed by atoms with Gasteiger partial charge < -0.3 is 5.73 Å². The third-order valence-electron chi connectivity index (χ3n) is 4.59. The maximum atomic E-state index is 13.5. The van der Waals surface area contributed by atoms with Crippen molar-refractivity contribution in [3.63, 3.8) is 0 Å². The molecule has 11 heteroatoms. The average molecular weight is 515 g/mol. The van der Waals surface area contributed by atoms with E-state index in [2.05, 4.69) is 0 Å². The monoisotopic (exact) mass is 514 g/mol. The lowest BCUT2D eigenvalue weighted by molar-refractivity contribution is -0.122. The minimum Gasteiger partial charge on any atom is -0.368 e. The quantitative estimate of drug-likeness (QED) is 0.410. The minimum atomic E-state index is -4.45. The molecular weight excluding hydrogens is 497 g/mol. The number of alkyl halides is 3. The molecule has 0 aromatic heterocycles. The molecule has 1 atom stereocenters. The van der Waals surface area contributed by atoms with Gasteiger partial charge >= 0.3 is 5.51 Å². The van der Waals surface area contributed by atoms with Crippen LogP contribution >= 0.6 is 23.4 Å². The summed E-state index contributed by atoms with van der Waals surface area (Å²) in [5, 5.41) is 0.327. The first-order valence-electron chi connectivity index (χ1n) is 9.44. The Balaban J connectivity index is 2.05. The Kier molecular flexibility index (Phi) is 7.73. The molecule has 2 N–H and O–H groups in total. The van der Waals surface area contributed by atoms with Gasteiger partial charge in [0.15, 0.2) is 0 Å². The summed E-state index contributed by atoms with van der Waals surface area (Å²) in [4.78, 5) is 12.3. The van der Waals surface area contributed by atoms with Crippen molar-refractivity contribution in [3.8, 4) is 0 Å². The number of benzene rings is 3. The summed E-state index contributed by atoms with van der Waals surface area (Å²) in [6.07, 6.45) is 0. The van der Waals surface area contributed by atoms with Crippen LogP contribution in [-0.4, -0.2) is 24.1 Å². The van der Waals surface area contributed by atoms with E-state index in [1.807, 2.05) is 0 Å². The summed E-state index contributed by atoms with van der Waals surface area (Å²) in [6, 6.07) is 17.4. The molecule has 5 nitrogen and oxygen atoms in total. The van der Waals surface area contributed by atoms with E-state index in [9.17, 15) is 26.4 Å². The van der Waals surface area contributed by atoms with Gasteiger partial charge in [-0.05, 0) is 59.3 Å². The van der Waals surface area contributed by atoms with Crippen molar-refractivity contribution in [1.82, 2.24) is 4.31 Å². The van der Waals surface area contributed by atoms with Crippen molar-refractivity contribution < 1.29 is 26.4 Å². The molecule has 3 aromatic carbocycles. The van der Waals surface area contributed by atoms with Crippen LogP contribution in [0.1, 0.15) is 17.2 Å². The Morgan fingerprint density at radius 2 is 1.55 bits per heavy atom. The lowest BCUT2D eigenvalue weighted by Gasteiger charge is -2.29. The Labute approximate surface area is 198 Å². The van der Waals surface area contributed by atoms with E-state index < -0.39 is 27.5 Å². The van der Waals surface area contributed by atoms with E-state index in [4.69, 9.17) is 17.3 Å². The highest BCUT2D eigenvalue weighted by Gasteiger charge is 2.36. The fourth-order valence-electron chi connectivity index (χ4n) is 3.14. The first kappa shape index (κ1) is 25.1. The van der Waals surface area contributed by atoms with Crippen LogP contribution in [0.5, 0.6) is 0 Å². The number of amides is 1. The molecule has 0 aliphatic heterocycles. The van der Waals surface area contributed by atoms with Gasteiger partial charge in [-0.3, -0.25) is 4.79 Å². The van der Waals surface area contributed by atoms with Crippen LogP contribution < -0.4 is 5.73 Å². The fraction of sp³-hybridized carbons (Fsp3) is 0.136. The highest BCUT2D eigenvalue weighted by molar-refractivity contribution is 8.00. The van der Waals surface area contributed by atoms with Gasteiger partial charge in [-0.25, -0.2) is 8.42 Å². The molecule has 0 bridgehead atoms. The van der Waals surface area contributed by atoms with Gasteiger partial charge in [-0.2, -0.15) is 17.5 Å². The number of hydrogen-bond donors (Lipinski definition) is 1. The van der Waals surface area contributed by atoms with Gasteiger partial charge in [0, 0.05) is 16.5 Å². The summed E-state index contributed by atoms with van der Waals surface area (Å²) in [5.74, 6) is -0.900. The van der Waals surface area contributed by atoms with E-state index in [1.165, 1.54) is 48.5 Å². The molecule has 0 radical (unpaired) electrons. The van der Waals surface area contributed by atoms with Crippen molar-refractivity contribution in [3.05, 3.63) is 95.0 Å². The van der Waals surface area contributed by atoms with Gasteiger partial charge in [0.05, 0.1) is 4.90 Å². The summed E-state index contributed by atoms with van der Waals surface area (Å²) in [7, 11) is -4.26. The molecule has 0 spiro atoms. The summed E-state index contributed by atoms with van der Waals surface area (Å²) >= 11 is 5.60. The van der Waals surface area contributed by atoms with Crippen LogP contribution in [0.4, 0.5) is 13.2 Å². The Hall–Kier alpha value is -2.53. The first-order valence-corrected chi connectivity index (χ1v) is 12.1. The van der Waals surface area contributed by atoms with Gasteiger partial charge in [0.1, 0.15) is 6.04 Å². The van der Waals surface area contributed by atoms with Gasteiger partial charge in [0.25, 0.3) is 0 Å². The standard InChI is InChI=1S/C22H18ClF3N2O3S2/c23-17-8-12-19(13-9-17)33(30,31)28(20(21(27)29)16-4-2-1-3-5-16)14-15-6-10-18(11-7-15)32-22(24,25)26/h1-13,20H,14H2,(H2,27,29). The Bertz CT molecular complexity index is 1200. The zero-order valence-electron chi connectivity index (χ0n) is 16.9. The van der Waals surface area contributed by atoms with Crippen molar-refractivity contribution in [1.29, 1.82) is 0 Å². The minimum absolute atomic E-state index is 0.0483. The number of carbonyl (C=O) groups excluding carboxylic acids is 1.